The van der Waals surface area contributed by atoms with Gasteiger partial charge >= 0.3 is 0 Å². The van der Waals surface area contributed by atoms with Crippen LogP contribution in [-0.4, -0.2) is 37.8 Å². The van der Waals surface area contributed by atoms with Crippen LogP contribution in [0, 0.1) is 10.1 Å². The molecular formula is C10H14ClN3O4S. The Morgan fingerprint density at radius 3 is 2.58 bits per heavy atom. The van der Waals surface area contributed by atoms with E-state index in [1.54, 1.807) is 0 Å². The van der Waals surface area contributed by atoms with E-state index in [2.05, 4.69) is 0 Å². The molecule has 19 heavy (non-hydrogen) atoms. The molecule has 0 unspecified atom stereocenters. The predicted octanol–water partition coefficient (Wildman–Crippen LogP) is 1.22. The van der Waals surface area contributed by atoms with E-state index in [1.165, 1.54) is 7.05 Å². The lowest BCUT2D eigenvalue weighted by molar-refractivity contribution is -0.384. The summed E-state index contributed by atoms with van der Waals surface area (Å²) < 4.78 is 25.5. The lowest BCUT2D eigenvalue weighted by Crippen LogP contribution is -2.29. The SMILES string of the molecule is CN(CCCN)S(=O)(=O)c1ccc([N+](=O)[O-])cc1Cl. The van der Waals surface area contributed by atoms with Gasteiger partial charge in [0.25, 0.3) is 5.69 Å². The van der Waals surface area contributed by atoms with Crippen molar-refractivity contribution in [3.8, 4) is 0 Å². The molecule has 1 rings (SSSR count). The molecule has 106 valence electrons. The fourth-order valence-corrected chi connectivity index (χ4v) is 3.13. The monoisotopic (exact) mass is 307 g/mol. The Bertz CT molecular complexity index is 576. The Morgan fingerprint density at radius 1 is 1.47 bits per heavy atom. The molecule has 0 aliphatic heterocycles. The summed E-state index contributed by atoms with van der Waals surface area (Å²) in [5.41, 5.74) is 5.06. The van der Waals surface area contributed by atoms with Gasteiger partial charge in [0.1, 0.15) is 4.90 Å². The van der Waals surface area contributed by atoms with Gasteiger partial charge in [-0.1, -0.05) is 11.6 Å². The summed E-state index contributed by atoms with van der Waals surface area (Å²) in [4.78, 5) is 9.77. The summed E-state index contributed by atoms with van der Waals surface area (Å²) in [5.74, 6) is 0. The summed E-state index contributed by atoms with van der Waals surface area (Å²) in [6.07, 6.45) is 0.514. The van der Waals surface area contributed by atoms with Gasteiger partial charge in [-0.25, -0.2) is 12.7 Å². The van der Waals surface area contributed by atoms with Gasteiger partial charge in [-0.15, -0.1) is 0 Å². The highest BCUT2D eigenvalue weighted by atomic mass is 35.5. The van der Waals surface area contributed by atoms with Crippen LogP contribution in [0.5, 0.6) is 0 Å². The molecule has 0 atom stereocenters. The van der Waals surface area contributed by atoms with Crippen molar-refractivity contribution in [1.29, 1.82) is 0 Å². The Hall–Kier alpha value is -1.22. The van der Waals surface area contributed by atoms with Crippen LogP contribution in [0.2, 0.25) is 5.02 Å². The first-order valence-electron chi connectivity index (χ1n) is 5.41. The molecule has 0 aromatic heterocycles. The summed E-state index contributed by atoms with van der Waals surface area (Å²) in [7, 11) is -2.36. The minimum Gasteiger partial charge on any atom is -0.330 e. The largest absolute Gasteiger partial charge is 0.330 e. The second-order valence-corrected chi connectivity index (χ2v) is 6.26. The number of sulfonamides is 1. The van der Waals surface area contributed by atoms with E-state index in [1.807, 2.05) is 0 Å². The lowest BCUT2D eigenvalue weighted by atomic mass is 10.3. The number of nitro groups is 1. The third-order valence-corrected chi connectivity index (χ3v) is 4.83. The van der Waals surface area contributed by atoms with Gasteiger partial charge in [-0.2, -0.15) is 0 Å². The number of nitrogens with zero attached hydrogens (tertiary/aromatic N) is 2. The molecule has 0 aliphatic rings. The van der Waals surface area contributed by atoms with E-state index in [9.17, 15) is 18.5 Å². The van der Waals surface area contributed by atoms with Crippen LogP contribution in [0.4, 0.5) is 5.69 Å². The van der Waals surface area contributed by atoms with E-state index >= 15 is 0 Å². The highest BCUT2D eigenvalue weighted by molar-refractivity contribution is 7.89. The van der Waals surface area contributed by atoms with Crippen molar-refractivity contribution in [3.05, 3.63) is 33.3 Å². The standard InChI is InChI=1S/C10H14ClN3O4S/c1-13(6-2-5-12)19(17,18)10-4-3-8(14(15)16)7-9(10)11/h3-4,7H,2,5-6,12H2,1H3. The number of non-ortho nitro benzene ring substituents is 1. The van der Waals surface area contributed by atoms with Crippen LogP contribution in [0.1, 0.15) is 6.42 Å². The van der Waals surface area contributed by atoms with Crippen LogP contribution in [-0.2, 0) is 10.0 Å². The number of halogens is 1. The van der Waals surface area contributed by atoms with E-state index < -0.39 is 14.9 Å². The van der Waals surface area contributed by atoms with E-state index in [4.69, 9.17) is 17.3 Å². The number of nitrogens with two attached hydrogens (primary N) is 1. The smallest absolute Gasteiger partial charge is 0.271 e. The maximum absolute atomic E-state index is 12.2. The van der Waals surface area contributed by atoms with Crippen LogP contribution in [0.25, 0.3) is 0 Å². The van der Waals surface area contributed by atoms with Crippen LogP contribution >= 0.6 is 11.6 Å². The number of nitro benzene ring substituents is 1. The van der Waals surface area contributed by atoms with Crippen molar-refractivity contribution in [2.24, 2.45) is 5.73 Å². The predicted molar refractivity (Wildman–Crippen MR) is 71.6 cm³/mol. The van der Waals surface area contributed by atoms with Gasteiger partial charge in [0, 0.05) is 25.7 Å². The topological polar surface area (TPSA) is 107 Å². The van der Waals surface area contributed by atoms with E-state index in [0.717, 1.165) is 22.5 Å². The van der Waals surface area contributed by atoms with Crippen molar-refractivity contribution >= 4 is 27.3 Å². The number of benzene rings is 1. The Balaban J connectivity index is 3.12. The molecule has 0 bridgehead atoms. The molecule has 0 saturated carbocycles. The average Bonchev–Trinajstić information content (AvgIpc) is 2.35. The second kappa shape index (κ2) is 6.29. The first kappa shape index (κ1) is 15.8. The zero-order valence-corrected chi connectivity index (χ0v) is 11.8. The van der Waals surface area contributed by atoms with Crippen molar-refractivity contribution in [3.63, 3.8) is 0 Å². The molecule has 0 aliphatic carbocycles. The van der Waals surface area contributed by atoms with Gasteiger partial charge in [-0.05, 0) is 19.0 Å². The van der Waals surface area contributed by atoms with Gasteiger partial charge < -0.3 is 5.73 Å². The summed E-state index contributed by atoms with van der Waals surface area (Å²) in [6, 6.07) is 3.26. The minimum atomic E-state index is -3.76. The molecule has 1 aromatic carbocycles. The Labute approximate surface area is 116 Å². The van der Waals surface area contributed by atoms with E-state index in [-0.39, 0.29) is 22.2 Å². The highest BCUT2D eigenvalue weighted by Gasteiger charge is 2.24. The van der Waals surface area contributed by atoms with Crippen LogP contribution < -0.4 is 5.73 Å². The number of hydrogen-bond donors (Lipinski definition) is 1. The summed E-state index contributed by atoms with van der Waals surface area (Å²) in [5, 5.41) is 10.4. The molecule has 0 spiro atoms. The number of rotatable bonds is 6. The lowest BCUT2D eigenvalue weighted by Gasteiger charge is -2.17. The van der Waals surface area contributed by atoms with Gasteiger partial charge in [0.2, 0.25) is 10.0 Å². The molecule has 0 saturated heterocycles. The molecule has 0 radical (unpaired) electrons. The average molecular weight is 308 g/mol. The third kappa shape index (κ3) is 3.63. The second-order valence-electron chi connectivity index (χ2n) is 3.84. The molecule has 0 heterocycles. The Kier molecular flexibility index (Phi) is 5.24. The zero-order valence-electron chi connectivity index (χ0n) is 10.2. The van der Waals surface area contributed by atoms with Gasteiger partial charge in [0.15, 0.2) is 0 Å². The van der Waals surface area contributed by atoms with Crippen molar-refractivity contribution in [2.75, 3.05) is 20.1 Å². The first-order valence-corrected chi connectivity index (χ1v) is 7.23. The summed E-state index contributed by atoms with van der Waals surface area (Å²) >= 11 is 5.80. The van der Waals surface area contributed by atoms with Crippen molar-refractivity contribution in [1.82, 2.24) is 4.31 Å². The molecule has 2 N–H and O–H groups in total. The van der Waals surface area contributed by atoms with Gasteiger partial charge in [0.05, 0.1) is 9.95 Å². The van der Waals surface area contributed by atoms with Crippen LogP contribution in [0.15, 0.2) is 23.1 Å². The summed E-state index contributed by atoms with van der Waals surface area (Å²) in [6.45, 7) is 0.625. The molecule has 9 heteroatoms. The third-order valence-electron chi connectivity index (χ3n) is 2.49. The molecular weight excluding hydrogens is 294 g/mol. The molecule has 0 amide bonds. The first-order chi connectivity index (χ1) is 8.80. The quantitative estimate of drug-likeness (QED) is 0.628. The normalized spacial score (nSPS) is 11.8. The maximum atomic E-state index is 12.2. The fourth-order valence-electron chi connectivity index (χ4n) is 1.41. The minimum absolute atomic E-state index is 0.153. The zero-order chi connectivity index (χ0) is 14.6. The van der Waals surface area contributed by atoms with Crippen molar-refractivity contribution in [2.45, 2.75) is 11.3 Å². The fraction of sp³-hybridized carbons (Fsp3) is 0.400. The Morgan fingerprint density at radius 2 is 2.11 bits per heavy atom. The maximum Gasteiger partial charge on any atom is 0.271 e. The molecule has 0 fully saturated rings. The van der Waals surface area contributed by atoms with Crippen LogP contribution in [0.3, 0.4) is 0 Å². The van der Waals surface area contributed by atoms with Gasteiger partial charge in [-0.3, -0.25) is 10.1 Å². The number of hydrogen-bond acceptors (Lipinski definition) is 5. The molecule has 7 nitrogen and oxygen atoms in total. The van der Waals surface area contributed by atoms with Crippen molar-refractivity contribution < 1.29 is 13.3 Å². The highest BCUT2D eigenvalue weighted by Crippen LogP contribution is 2.27. The molecule has 1 aromatic rings. The van der Waals surface area contributed by atoms with E-state index in [0.29, 0.717) is 13.0 Å².